The molecule has 1 unspecified atom stereocenters. The molecule has 160 valence electrons. The van der Waals surface area contributed by atoms with Crippen molar-refractivity contribution in [1.29, 1.82) is 5.26 Å². The minimum Gasteiger partial charge on any atom is -0.489 e. The molecule has 0 heterocycles. The van der Waals surface area contributed by atoms with E-state index in [1.54, 1.807) is 36.4 Å². The van der Waals surface area contributed by atoms with Gasteiger partial charge in [-0.25, -0.2) is 0 Å². The Morgan fingerprint density at radius 3 is 2.57 bits per heavy atom. The summed E-state index contributed by atoms with van der Waals surface area (Å²) in [4.78, 5) is 11.4. The first-order valence-electron chi connectivity index (χ1n) is 9.15. The lowest BCUT2D eigenvalue weighted by Gasteiger charge is -2.24. The molecule has 2 rings (SSSR count). The van der Waals surface area contributed by atoms with E-state index < -0.39 is 12.0 Å². The van der Waals surface area contributed by atoms with E-state index in [9.17, 15) is 4.79 Å². The zero-order chi connectivity index (χ0) is 21.9. The van der Waals surface area contributed by atoms with Crippen LogP contribution >= 0.6 is 23.2 Å². The number of carbonyl (C=O) groups excluding carboxylic acids is 1. The van der Waals surface area contributed by atoms with E-state index in [0.29, 0.717) is 32.6 Å². The largest absolute Gasteiger partial charge is 0.489 e. The van der Waals surface area contributed by atoms with Gasteiger partial charge in [-0.2, -0.15) is 5.26 Å². The van der Waals surface area contributed by atoms with Crippen LogP contribution in [0, 0.1) is 11.3 Å². The van der Waals surface area contributed by atoms with Crippen molar-refractivity contribution in [3.05, 3.63) is 57.6 Å². The van der Waals surface area contributed by atoms with Crippen LogP contribution in [0.3, 0.4) is 0 Å². The Hall–Kier alpha value is -2.50. The molecule has 0 saturated heterocycles. The Bertz CT molecular complexity index is 884. The van der Waals surface area contributed by atoms with Crippen molar-refractivity contribution in [3.8, 4) is 11.8 Å². The zero-order valence-electron chi connectivity index (χ0n) is 16.4. The van der Waals surface area contributed by atoms with Crippen LogP contribution in [0.5, 0.6) is 5.75 Å². The molecule has 2 aromatic rings. The number of aliphatic hydroxyl groups is 1. The number of rotatable bonds is 11. The lowest BCUT2D eigenvalue weighted by molar-refractivity contribution is -0.141. The smallest absolute Gasteiger partial charge is 0.302 e. The Kier molecular flexibility index (Phi) is 9.71. The molecular weight excluding hydrogens is 431 g/mol. The summed E-state index contributed by atoms with van der Waals surface area (Å²) >= 11 is 12.6. The van der Waals surface area contributed by atoms with Crippen molar-refractivity contribution >= 4 is 34.9 Å². The van der Waals surface area contributed by atoms with E-state index in [2.05, 4.69) is 11.4 Å². The Morgan fingerprint density at radius 2 is 1.93 bits per heavy atom. The van der Waals surface area contributed by atoms with Gasteiger partial charge in [-0.3, -0.25) is 4.79 Å². The van der Waals surface area contributed by atoms with Crippen molar-refractivity contribution in [2.45, 2.75) is 13.0 Å². The van der Waals surface area contributed by atoms with Gasteiger partial charge in [0.05, 0.1) is 42.5 Å². The molecule has 0 aliphatic carbocycles. The third-order valence-electron chi connectivity index (χ3n) is 3.93. The summed E-state index contributed by atoms with van der Waals surface area (Å²) in [7, 11) is 0. The maximum absolute atomic E-state index is 11.4. The molecule has 9 heteroatoms. The maximum Gasteiger partial charge on any atom is 0.302 e. The lowest BCUT2D eigenvalue weighted by Crippen LogP contribution is -2.20. The number of nitriles is 1. The maximum atomic E-state index is 11.4. The summed E-state index contributed by atoms with van der Waals surface area (Å²) in [6.07, 6.45) is 0. The van der Waals surface area contributed by atoms with Crippen molar-refractivity contribution in [1.82, 2.24) is 0 Å². The van der Waals surface area contributed by atoms with Crippen LogP contribution < -0.4 is 10.1 Å². The Balaban J connectivity index is 2.30. The fourth-order valence-electron chi connectivity index (χ4n) is 2.61. The van der Waals surface area contributed by atoms with E-state index in [1.807, 2.05) is 0 Å². The first-order valence-corrected chi connectivity index (χ1v) is 9.90. The summed E-state index contributed by atoms with van der Waals surface area (Å²) in [6, 6.07) is 11.6. The van der Waals surface area contributed by atoms with Crippen LogP contribution in [0.15, 0.2) is 36.4 Å². The number of carbonyl (C=O) groups is 1. The lowest BCUT2D eigenvalue weighted by atomic mass is 10.1. The van der Waals surface area contributed by atoms with Gasteiger partial charge in [-0.15, -0.1) is 0 Å². The molecule has 30 heavy (non-hydrogen) atoms. The molecule has 0 aliphatic heterocycles. The molecule has 2 N–H and O–H groups in total. The van der Waals surface area contributed by atoms with Gasteiger partial charge in [-0.05, 0) is 36.4 Å². The van der Waals surface area contributed by atoms with Crippen molar-refractivity contribution in [3.63, 3.8) is 0 Å². The summed E-state index contributed by atoms with van der Waals surface area (Å²) in [5.74, 6) is -0.0541. The predicted molar refractivity (Wildman–Crippen MR) is 114 cm³/mol. The average Bonchev–Trinajstić information content (AvgIpc) is 2.72. The minimum atomic E-state index is -0.522. The summed E-state index contributed by atoms with van der Waals surface area (Å²) in [5.41, 5.74) is 1.83. The summed E-state index contributed by atoms with van der Waals surface area (Å²) in [5, 5.41) is 21.7. The number of hydrogen-bond acceptors (Lipinski definition) is 7. The van der Waals surface area contributed by atoms with E-state index >= 15 is 0 Å². The van der Waals surface area contributed by atoms with E-state index in [0.717, 1.165) is 0 Å². The van der Waals surface area contributed by atoms with Crippen LogP contribution in [-0.2, 0) is 14.3 Å². The third kappa shape index (κ3) is 7.39. The van der Waals surface area contributed by atoms with Gasteiger partial charge in [0.2, 0.25) is 0 Å². The molecule has 0 fully saturated rings. The number of esters is 1. The van der Waals surface area contributed by atoms with E-state index in [4.69, 9.17) is 47.8 Å². The fourth-order valence-corrected chi connectivity index (χ4v) is 3.18. The van der Waals surface area contributed by atoms with Gasteiger partial charge in [0, 0.05) is 23.2 Å². The van der Waals surface area contributed by atoms with Gasteiger partial charge >= 0.3 is 5.97 Å². The van der Waals surface area contributed by atoms with Crippen molar-refractivity contribution < 1.29 is 24.1 Å². The minimum absolute atomic E-state index is 0.00335. The van der Waals surface area contributed by atoms with E-state index in [-0.39, 0.29) is 33.0 Å². The second-order valence-corrected chi connectivity index (χ2v) is 7.02. The van der Waals surface area contributed by atoms with Crippen LogP contribution in [0.25, 0.3) is 0 Å². The number of hydrogen-bond donors (Lipinski definition) is 2. The summed E-state index contributed by atoms with van der Waals surface area (Å²) in [6.45, 7) is 1.91. The van der Waals surface area contributed by atoms with Crippen LogP contribution in [0.4, 0.5) is 5.69 Å². The molecule has 0 aromatic heterocycles. The SMILES string of the molecule is CC(=O)OCC(Nc1ccc(C#N)cc1)c1cc(Cl)cc(Cl)c1OCCOCCO. The highest BCUT2D eigenvalue weighted by atomic mass is 35.5. The molecule has 0 bridgehead atoms. The first-order chi connectivity index (χ1) is 14.4. The topological polar surface area (TPSA) is 101 Å². The Labute approximate surface area is 185 Å². The van der Waals surface area contributed by atoms with Crippen LogP contribution in [0.1, 0.15) is 24.1 Å². The zero-order valence-corrected chi connectivity index (χ0v) is 17.9. The van der Waals surface area contributed by atoms with Gasteiger partial charge in [-0.1, -0.05) is 23.2 Å². The average molecular weight is 453 g/mol. The monoisotopic (exact) mass is 452 g/mol. The molecule has 0 saturated carbocycles. The van der Waals surface area contributed by atoms with Crippen molar-refractivity contribution in [2.75, 3.05) is 38.4 Å². The van der Waals surface area contributed by atoms with Crippen LogP contribution in [-0.4, -0.2) is 44.1 Å². The second-order valence-electron chi connectivity index (χ2n) is 6.18. The fraction of sp³-hybridized carbons (Fsp3) is 0.333. The molecule has 0 radical (unpaired) electrons. The highest BCUT2D eigenvalue weighted by Gasteiger charge is 2.21. The molecule has 7 nitrogen and oxygen atoms in total. The molecule has 2 aromatic carbocycles. The second kappa shape index (κ2) is 12.3. The highest BCUT2D eigenvalue weighted by molar-refractivity contribution is 6.35. The number of aliphatic hydroxyl groups excluding tert-OH is 1. The molecule has 1 atom stereocenters. The number of nitrogens with one attached hydrogen (secondary N) is 1. The standard InChI is InChI=1S/C21H22Cl2N2O5/c1-14(27)30-13-20(25-17-4-2-15(12-24)3-5-17)18-10-16(22)11-19(23)21(18)29-9-8-28-7-6-26/h2-5,10-11,20,25-26H,6-9,13H2,1H3. The number of nitrogens with zero attached hydrogens (tertiary/aromatic N) is 1. The van der Waals surface area contributed by atoms with Gasteiger partial charge in [0.25, 0.3) is 0 Å². The van der Waals surface area contributed by atoms with Crippen molar-refractivity contribution in [2.24, 2.45) is 0 Å². The Morgan fingerprint density at radius 1 is 1.20 bits per heavy atom. The quantitative estimate of drug-likeness (QED) is 0.392. The molecule has 0 aliphatic rings. The number of benzene rings is 2. The van der Waals surface area contributed by atoms with Gasteiger partial charge in [0.1, 0.15) is 19.0 Å². The summed E-state index contributed by atoms with van der Waals surface area (Å²) < 4.78 is 16.2. The number of anilines is 1. The molecule has 0 spiro atoms. The molecular formula is C21H22Cl2N2O5. The van der Waals surface area contributed by atoms with Gasteiger partial charge in [0.15, 0.2) is 0 Å². The third-order valence-corrected chi connectivity index (χ3v) is 4.43. The predicted octanol–water partition coefficient (Wildman–Crippen LogP) is 3.97. The van der Waals surface area contributed by atoms with Crippen LogP contribution in [0.2, 0.25) is 10.0 Å². The normalized spacial score (nSPS) is 11.4. The number of ether oxygens (including phenoxy) is 3. The van der Waals surface area contributed by atoms with E-state index in [1.165, 1.54) is 6.92 Å². The van der Waals surface area contributed by atoms with Gasteiger partial charge < -0.3 is 24.6 Å². The highest BCUT2D eigenvalue weighted by Crippen LogP contribution is 2.37. The number of halogens is 2. The first kappa shape index (κ1) is 23.8. The molecule has 0 amide bonds.